The first-order valence-corrected chi connectivity index (χ1v) is 8.87. The van der Waals surface area contributed by atoms with Crippen LogP contribution in [0.1, 0.15) is 64.7 Å². The molecule has 0 aliphatic rings. The number of hydrogen-bond donors (Lipinski definition) is 2. The van der Waals surface area contributed by atoms with Gasteiger partial charge in [0.05, 0.1) is 0 Å². The molecule has 0 saturated carbocycles. The fourth-order valence-electron chi connectivity index (χ4n) is 2.05. The van der Waals surface area contributed by atoms with Gasteiger partial charge in [0, 0.05) is 0 Å². The predicted octanol–water partition coefficient (Wildman–Crippen LogP) is 5.68. The Hall–Kier alpha value is -1.65. The van der Waals surface area contributed by atoms with E-state index in [-0.39, 0.29) is 6.42 Å². The molecule has 0 saturated heterocycles. The van der Waals surface area contributed by atoms with Gasteiger partial charge in [-0.2, -0.15) is 0 Å². The number of carboxylic acid groups (broad SMARTS) is 1. The van der Waals surface area contributed by atoms with E-state index in [0.29, 0.717) is 6.42 Å². The van der Waals surface area contributed by atoms with Gasteiger partial charge in [-0.1, -0.05) is 74.8 Å². The fourth-order valence-corrected chi connectivity index (χ4v) is 2.05. The minimum absolute atomic E-state index is 0.263. The molecular formula is C20H32O4. The van der Waals surface area contributed by atoms with E-state index in [2.05, 4.69) is 48.3 Å². The second kappa shape index (κ2) is 17.7. The Balaban J connectivity index is 3.58. The average molecular weight is 336 g/mol. The number of aliphatic carboxylic acids is 1. The van der Waals surface area contributed by atoms with Crippen molar-refractivity contribution < 1.29 is 20.0 Å². The Bertz CT molecular complexity index is 408. The highest BCUT2D eigenvalue weighted by Gasteiger charge is 2.16. The summed E-state index contributed by atoms with van der Waals surface area (Å²) in [6.07, 6.45) is 24.4. The van der Waals surface area contributed by atoms with Gasteiger partial charge in [-0.25, -0.2) is 9.68 Å². The zero-order valence-corrected chi connectivity index (χ0v) is 14.8. The maximum absolute atomic E-state index is 10.6. The van der Waals surface area contributed by atoms with Crippen LogP contribution in [0.5, 0.6) is 0 Å². The van der Waals surface area contributed by atoms with Crippen molar-refractivity contribution >= 4 is 5.97 Å². The molecule has 1 atom stereocenters. The van der Waals surface area contributed by atoms with Gasteiger partial charge < -0.3 is 5.11 Å². The van der Waals surface area contributed by atoms with Crippen molar-refractivity contribution in [2.45, 2.75) is 70.8 Å². The molecule has 24 heavy (non-hydrogen) atoms. The summed E-state index contributed by atoms with van der Waals surface area (Å²) in [5.41, 5.74) is 0. The molecule has 0 rings (SSSR count). The lowest BCUT2D eigenvalue weighted by atomic mass is 10.1. The van der Waals surface area contributed by atoms with E-state index in [1.807, 2.05) is 12.2 Å². The largest absolute Gasteiger partial charge is 0.479 e. The molecule has 0 aromatic rings. The first kappa shape index (κ1) is 22.4. The van der Waals surface area contributed by atoms with Crippen molar-refractivity contribution in [3.63, 3.8) is 0 Å². The Morgan fingerprint density at radius 2 is 1.58 bits per heavy atom. The zero-order valence-electron chi connectivity index (χ0n) is 14.8. The van der Waals surface area contributed by atoms with Gasteiger partial charge in [0.2, 0.25) is 0 Å². The second-order valence-corrected chi connectivity index (χ2v) is 5.63. The SMILES string of the molecule is CCCCCCC=CC=CCC=CCC=CCCC(OO)C(=O)O. The lowest BCUT2D eigenvalue weighted by molar-refractivity contribution is -0.277. The van der Waals surface area contributed by atoms with Crippen LogP contribution >= 0.6 is 0 Å². The number of carboxylic acids is 1. The van der Waals surface area contributed by atoms with Crippen LogP contribution in [0.4, 0.5) is 0 Å². The van der Waals surface area contributed by atoms with Crippen molar-refractivity contribution in [3.8, 4) is 0 Å². The summed E-state index contributed by atoms with van der Waals surface area (Å²) in [7, 11) is 0. The van der Waals surface area contributed by atoms with E-state index in [9.17, 15) is 4.79 Å². The normalized spacial score (nSPS) is 13.8. The molecule has 0 heterocycles. The molecule has 4 nitrogen and oxygen atoms in total. The third kappa shape index (κ3) is 15.3. The Labute approximate surface area is 146 Å². The highest BCUT2D eigenvalue weighted by Crippen LogP contribution is 2.04. The molecule has 0 bridgehead atoms. The molecule has 0 aliphatic carbocycles. The standard InChI is InChI=1S/C20H32O4/c1-2-3-4-5-6-7-8-9-10-11-12-13-14-15-16-17-18-19(24-23)20(21)22/h7-10,12-13,15-16,19,23H,2-6,11,14,17-18H2,1H3,(H,21,22). The van der Waals surface area contributed by atoms with Crippen LogP contribution in [0.3, 0.4) is 0 Å². The molecule has 0 radical (unpaired) electrons. The summed E-state index contributed by atoms with van der Waals surface area (Å²) in [5, 5.41) is 17.1. The third-order valence-electron chi connectivity index (χ3n) is 3.48. The summed E-state index contributed by atoms with van der Waals surface area (Å²) in [6, 6.07) is 0. The summed E-state index contributed by atoms with van der Waals surface area (Å²) in [6.45, 7) is 2.23. The van der Waals surface area contributed by atoms with Crippen molar-refractivity contribution in [1.29, 1.82) is 0 Å². The molecule has 136 valence electrons. The molecule has 0 aliphatic heterocycles. The van der Waals surface area contributed by atoms with Crippen LogP contribution in [0.15, 0.2) is 48.6 Å². The van der Waals surface area contributed by atoms with E-state index in [0.717, 1.165) is 19.3 Å². The van der Waals surface area contributed by atoms with E-state index in [1.165, 1.54) is 25.7 Å². The second-order valence-electron chi connectivity index (χ2n) is 5.63. The van der Waals surface area contributed by atoms with E-state index < -0.39 is 12.1 Å². The summed E-state index contributed by atoms with van der Waals surface area (Å²) < 4.78 is 0. The quantitative estimate of drug-likeness (QED) is 0.133. The minimum atomic E-state index is -1.15. The zero-order chi connectivity index (χ0) is 17.9. The van der Waals surface area contributed by atoms with Gasteiger partial charge in [0.1, 0.15) is 0 Å². The molecule has 2 N–H and O–H groups in total. The third-order valence-corrected chi connectivity index (χ3v) is 3.48. The van der Waals surface area contributed by atoms with Crippen LogP contribution < -0.4 is 0 Å². The van der Waals surface area contributed by atoms with Gasteiger partial charge >= 0.3 is 5.97 Å². The molecule has 0 aromatic heterocycles. The van der Waals surface area contributed by atoms with E-state index in [4.69, 9.17) is 10.4 Å². The van der Waals surface area contributed by atoms with Crippen LogP contribution in [-0.4, -0.2) is 22.4 Å². The van der Waals surface area contributed by atoms with Gasteiger partial charge in [0.15, 0.2) is 6.10 Å². The van der Waals surface area contributed by atoms with Crippen molar-refractivity contribution in [1.82, 2.24) is 0 Å². The van der Waals surface area contributed by atoms with Crippen molar-refractivity contribution in [2.75, 3.05) is 0 Å². The maximum atomic E-state index is 10.6. The molecular weight excluding hydrogens is 304 g/mol. The number of hydrogen-bond acceptors (Lipinski definition) is 3. The molecule has 0 fully saturated rings. The van der Waals surface area contributed by atoms with Gasteiger partial charge in [-0.05, 0) is 38.5 Å². The highest BCUT2D eigenvalue weighted by molar-refractivity contribution is 5.72. The number of unbranched alkanes of at least 4 members (excludes halogenated alkanes) is 4. The van der Waals surface area contributed by atoms with Crippen molar-refractivity contribution in [3.05, 3.63) is 48.6 Å². The number of allylic oxidation sites excluding steroid dienone is 8. The predicted molar refractivity (Wildman–Crippen MR) is 98.9 cm³/mol. The summed E-state index contributed by atoms with van der Waals surface area (Å²) in [4.78, 5) is 14.5. The smallest absolute Gasteiger partial charge is 0.336 e. The topological polar surface area (TPSA) is 66.8 Å². The maximum Gasteiger partial charge on any atom is 0.336 e. The lowest BCUT2D eigenvalue weighted by Gasteiger charge is -2.05. The monoisotopic (exact) mass is 336 g/mol. The Kier molecular flexibility index (Phi) is 16.5. The van der Waals surface area contributed by atoms with Gasteiger partial charge in [0.25, 0.3) is 0 Å². The highest BCUT2D eigenvalue weighted by atomic mass is 17.1. The van der Waals surface area contributed by atoms with Crippen LogP contribution in [0.2, 0.25) is 0 Å². The van der Waals surface area contributed by atoms with Crippen LogP contribution in [0.25, 0.3) is 0 Å². The minimum Gasteiger partial charge on any atom is -0.479 e. The molecule has 0 spiro atoms. The van der Waals surface area contributed by atoms with Crippen LogP contribution in [0, 0.1) is 0 Å². The van der Waals surface area contributed by atoms with E-state index in [1.54, 1.807) is 0 Å². The summed E-state index contributed by atoms with van der Waals surface area (Å²) in [5.74, 6) is -1.15. The number of carbonyl (C=O) groups is 1. The molecule has 0 aromatic carbocycles. The first-order valence-electron chi connectivity index (χ1n) is 8.87. The average Bonchev–Trinajstić information content (AvgIpc) is 2.57. The lowest BCUT2D eigenvalue weighted by Crippen LogP contribution is -2.21. The van der Waals surface area contributed by atoms with Crippen LogP contribution in [-0.2, 0) is 9.68 Å². The molecule has 0 amide bonds. The Morgan fingerprint density at radius 3 is 2.25 bits per heavy atom. The molecule has 4 heteroatoms. The summed E-state index contributed by atoms with van der Waals surface area (Å²) >= 11 is 0. The van der Waals surface area contributed by atoms with E-state index >= 15 is 0 Å². The Morgan fingerprint density at radius 1 is 0.917 bits per heavy atom. The number of rotatable bonds is 15. The first-order chi connectivity index (χ1) is 11.7. The molecule has 1 unspecified atom stereocenters. The van der Waals surface area contributed by atoms with Gasteiger partial charge in [-0.15, -0.1) is 0 Å². The fraction of sp³-hybridized carbons (Fsp3) is 0.550. The van der Waals surface area contributed by atoms with Crippen molar-refractivity contribution in [2.24, 2.45) is 0 Å². The van der Waals surface area contributed by atoms with Gasteiger partial charge in [-0.3, -0.25) is 5.26 Å².